The first-order valence-electron chi connectivity index (χ1n) is 5.37. The van der Waals surface area contributed by atoms with Gasteiger partial charge in [-0.1, -0.05) is 6.07 Å². The second-order valence-corrected chi connectivity index (χ2v) is 3.51. The third-order valence-electron chi connectivity index (χ3n) is 2.30. The van der Waals surface area contributed by atoms with E-state index < -0.39 is 0 Å². The fourth-order valence-corrected chi connectivity index (χ4v) is 1.51. The van der Waals surface area contributed by atoms with Crippen molar-refractivity contribution in [2.75, 3.05) is 19.6 Å². The van der Waals surface area contributed by atoms with Crippen LogP contribution in [-0.2, 0) is 6.42 Å². The molecule has 0 aliphatic carbocycles. The molecule has 4 heteroatoms. The quantitative estimate of drug-likeness (QED) is 0.756. The van der Waals surface area contributed by atoms with Crippen LogP contribution in [0.1, 0.15) is 12.1 Å². The summed E-state index contributed by atoms with van der Waals surface area (Å²) in [7, 11) is 0. The van der Waals surface area contributed by atoms with Crippen molar-refractivity contribution in [3.63, 3.8) is 0 Å². The highest BCUT2D eigenvalue weighted by Crippen LogP contribution is 1.93. The molecule has 0 spiro atoms. The molecule has 0 unspecified atom stereocenters. The number of guanidine groups is 1. The normalized spacial score (nSPS) is 15.3. The van der Waals surface area contributed by atoms with Gasteiger partial charge in [0.1, 0.15) is 0 Å². The minimum Gasteiger partial charge on any atom is -0.356 e. The van der Waals surface area contributed by atoms with Gasteiger partial charge in [-0.05, 0) is 18.6 Å². The van der Waals surface area contributed by atoms with Gasteiger partial charge in [-0.25, -0.2) is 0 Å². The molecule has 15 heavy (non-hydrogen) atoms. The van der Waals surface area contributed by atoms with E-state index in [1.807, 2.05) is 24.4 Å². The van der Waals surface area contributed by atoms with E-state index in [4.69, 9.17) is 0 Å². The number of rotatable bonds is 3. The van der Waals surface area contributed by atoms with Crippen LogP contribution in [0.5, 0.6) is 0 Å². The monoisotopic (exact) mass is 204 g/mol. The molecular weight excluding hydrogens is 188 g/mol. The molecule has 0 atom stereocenters. The van der Waals surface area contributed by atoms with E-state index in [1.54, 1.807) is 0 Å². The van der Waals surface area contributed by atoms with Gasteiger partial charge < -0.3 is 10.6 Å². The Morgan fingerprint density at radius 2 is 2.40 bits per heavy atom. The fraction of sp³-hybridized carbons (Fsp3) is 0.455. The molecule has 0 aromatic carbocycles. The Morgan fingerprint density at radius 3 is 3.13 bits per heavy atom. The minimum atomic E-state index is 0.878. The van der Waals surface area contributed by atoms with Crippen LogP contribution in [0.25, 0.3) is 0 Å². The Kier molecular flexibility index (Phi) is 3.54. The van der Waals surface area contributed by atoms with Gasteiger partial charge >= 0.3 is 0 Å². The maximum atomic E-state index is 4.33. The van der Waals surface area contributed by atoms with E-state index >= 15 is 0 Å². The van der Waals surface area contributed by atoms with Gasteiger partial charge in [0.2, 0.25) is 0 Å². The molecule has 1 aromatic heterocycles. The zero-order valence-electron chi connectivity index (χ0n) is 8.74. The Balaban J connectivity index is 1.73. The molecule has 1 aromatic rings. The SMILES string of the molecule is c1ccc(CCNC2=NCCCN2)nc1. The Morgan fingerprint density at radius 1 is 1.40 bits per heavy atom. The van der Waals surface area contributed by atoms with E-state index in [9.17, 15) is 0 Å². The summed E-state index contributed by atoms with van der Waals surface area (Å²) in [6.07, 6.45) is 3.89. The summed E-state index contributed by atoms with van der Waals surface area (Å²) in [5.74, 6) is 0.928. The van der Waals surface area contributed by atoms with Gasteiger partial charge in [0, 0.05) is 37.9 Å². The average Bonchev–Trinajstić information content (AvgIpc) is 2.32. The highest BCUT2D eigenvalue weighted by atomic mass is 15.2. The molecule has 2 heterocycles. The fourth-order valence-electron chi connectivity index (χ4n) is 1.51. The zero-order chi connectivity index (χ0) is 10.3. The van der Waals surface area contributed by atoms with Gasteiger partial charge in [-0.2, -0.15) is 0 Å². The van der Waals surface area contributed by atoms with Crippen molar-refractivity contribution in [2.45, 2.75) is 12.8 Å². The molecule has 0 amide bonds. The van der Waals surface area contributed by atoms with Gasteiger partial charge in [0.05, 0.1) is 0 Å². The number of aromatic nitrogens is 1. The zero-order valence-corrected chi connectivity index (χ0v) is 8.74. The molecule has 80 valence electrons. The average molecular weight is 204 g/mol. The molecule has 4 nitrogen and oxygen atoms in total. The van der Waals surface area contributed by atoms with Crippen molar-refractivity contribution in [3.8, 4) is 0 Å². The second-order valence-electron chi connectivity index (χ2n) is 3.51. The van der Waals surface area contributed by atoms with Crippen LogP contribution in [0, 0.1) is 0 Å². The van der Waals surface area contributed by atoms with Crippen LogP contribution in [0.2, 0.25) is 0 Å². The minimum absolute atomic E-state index is 0.878. The highest BCUT2D eigenvalue weighted by Gasteiger charge is 2.02. The van der Waals surface area contributed by atoms with Gasteiger partial charge in [-0.3, -0.25) is 9.98 Å². The number of hydrogen-bond donors (Lipinski definition) is 2. The second kappa shape index (κ2) is 5.34. The van der Waals surface area contributed by atoms with Gasteiger partial charge in [0.15, 0.2) is 5.96 Å². The standard InChI is InChI=1S/C11H16N4/c1-2-6-12-10(4-1)5-9-15-11-13-7-3-8-14-11/h1-2,4,6H,3,5,7-9H2,(H2,13,14,15). The maximum absolute atomic E-state index is 4.33. The van der Waals surface area contributed by atoms with Crippen LogP contribution in [0.15, 0.2) is 29.4 Å². The molecule has 0 saturated heterocycles. The number of nitrogens with one attached hydrogen (secondary N) is 2. The summed E-state index contributed by atoms with van der Waals surface area (Å²) < 4.78 is 0. The van der Waals surface area contributed by atoms with Crippen molar-refractivity contribution in [2.24, 2.45) is 4.99 Å². The van der Waals surface area contributed by atoms with Crippen molar-refractivity contribution < 1.29 is 0 Å². The smallest absolute Gasteiger partial charge is 0.191 e. The van der Waals surface area contributed by atoms with E-state index in [-0.39, 0.29) is 0 Å². The number of aliphatic imine (C=N–C) groups is 1. The first-order chi connectivity index (χ1) is 7.45. The third-order valence-corrected chi connectivity index (χ3v) is 2.30. The molecular formula is C11H16N4. The first kappa shape index (κ1) is 9.96. The summed E-state index contributed by atoms with van der Waals surface area (Å²) in [4.78, 5) is 8.60. The molecule has 0 saturated carbocycles. The third kappa shape index (κ3) is 3.23. The largest absolute Gasteiger partial charge is 0.356 e. The van der Waals surface area contributed by atoms with Crippen LogP contribution < -0.4 is 10.6 Å². The number of pyridine rings is 1. The lowest BCUT2D eigenvalue weighted by atomic mass is 10.3. The first-order valence-corrected chi connectivity index (χ1v) is 5.37. The van der Waals surface area contributed by atoms with E-state index in [1.165, 1.54) is 0 Å². The van der Waals surface area contributed by atoms with E-state index in [0.29, 0.717) is 0 Å². The van der Waals surface area contributed by atoms with Gasteiger partial charge in [-0.15, -0.1) is 0 Å². The van der Waals surface area contributed by atoms with E-state index in [2.05, 4.69) is 20.6 Å². The molecule has 2 N–H and O–H groups in total. The number of nitrogens with zero attached hydrogens (tertiary/aromatic N) is 2. The summed E-state index contributed by atoms with van der Waals surface area (Å²) in [6, 6.07) is 5.99. The number of hydrogen-bond acceptors (Lipinski definition) is 4. The van der Waals surface area contributed by atoms with Crippen molar-refractivity contribution >= 4 is 5.96 Å². The lowest BCUT2D eigenvalue weighted by Gasteiger charge is -2.15. The summed E-state index contributed by atoms with van der Waals surface area (Å²) in [6.45, 7) is 2.83. The van der Waals surface area contributed by atoms with Crippen LogP contribution in [0.3, 0.4) is 0 Å². The molecule has 0 radical (unpaired) electrons. The predicted molar refractivity (Wildman–Crippen MR) is 60.9 cm³/mol. The highest BCUT2D eigenvalue weighted by molar-refractivity contribution is 5.80. The lowest BCUT2D eigenvalue weighted by Crippen LogP contribution is -2.41. The Hall–Kier alpha value is -1.58. The summed E-state index contributed by atoms with van der Waals surface area (Å²) in [5, 5.41) is 6.49. The van der Waals surface area contributed by atoms with Crippen LogP contribution in [-0.4, -0.2) is 30.6 Å². The topological polar surface area (TPSA) is 49.3 Å². The molecule has 2 rings (SSSR count). The molecule has 0 bridgehead atoms. The Bertz CT molecular complexity index is 321. The Labute approximate surface area is 89.8 Å². The van der Waals surface area contributed by atoms with Crippen molar-refractivity contribution in [3.05, 3.63) is 30.1 Å². The van der Waals surface area contributed by atoms with Crippen molar-refractivity contribution in [1.82, 2.24) is 15.6 Å². The van der Waals surface area contributed by atoms with E-state index in [0.717, 1.165) is 44.1 Å². The molecule has 0 fully saturated rings. The summed E-state index contributed by atoms with van der Waals surface area (Å²) in [5.41, 5.74) is 1.11. The predicted octanol–water partition coefficient (Wildman–Crippen LogP) is 0.563. The molecule has 1 aliphatic heterocycles. The maximum Gasteiger partial charge on any atom is 0.191 e. The van der Waals surface area contributed by atoms with Crippen LogP contribution in [0.4, 0.5) is 0 Å². The molecule has 1 aliphatic rings. The van der Waals surface area contributed by atoms with Crippen LogP contribution >= 0.6 is 0 Å². The summed E-state index contributed by atoms with van der Waals surface area (Å²) >= 11 is 0. The van der Waals surface area contributed by atoms with Crippen molar-refractivity contribution in [1.29, 1.82) is 0 Å². The lowest BCUT2D eigenvalue weighted by molar-refractivity contribution is 0.698. The van der Waals surface area contributed by atoms with Gasteiger partial charge in [0.25, 0.3) is 0 Å².